The normalized spacial score (nSPS) is 21.1. The van der Waals surface area contributed by atoms with E-state index in [1.165, 1.54) is 12.4 Å². The van der Waals surface area contributed by atoms with Crippen molar-refractivity contribution in [1.29, 1.82) is 0 Å². The van der Waals surface area contributed by atoms with Crippen LogP contribution in [-0.2, 0) is 11.0 Å². The third-order valence-corrected chi connectivity index (χ3v) is 8.65. The molecular weight excluding hydrogens is 572 g/mol. The van der Waals surface area contributed by atoms with Gasteiger partial charge in [0.05, 0.1) is 45.9 Å². The van der Waals surface area contributed by atoms with Crippen molar-refractivity contribution >= 4 is 40.9 Å². The summed E-state index contributed by atoms with van der Waals surface area (Å²) in [5, 5.41) is 13.2. The van der Waals surface area contributed by atoms with Crippen LogP contribution in [0.3, 0.4) is 0 Å². The van der Waals surface area contributed by atoms with E-state index in [-0.39, 0.29) is 53.3 Å². The molecule has 40 heavy (non-hydrogen) atoms. The summed E-state index contributed by atoms with van der Waals surface area (Å²) in [6.07, 6.45) is 3.66. The zero-order chi connectivity index (χ0) is 29.2. The van der Waals surface area contributed by atoms with Crippen LogP contribution in [0.15, 0.2) is 18.6 Å². The highest BCUT2D eigenvalue weighted by atomic mass is 35.5. The van der Waals surface area contributed by atoms with Gasteiger partial charge in [-0.15, -0.1) is 0 Å². The molecule has 218 valence electrons. The monoisotopic (exact) mass is 602 g/mol. The number of halogens is 5. The van der Waals surface area contributed by atoms with Gasteiger partial charge < -0.3 is 10.0 Å². The maximum atomic E-state index is 14.5. The van der Waals surface area contributed by atoms with Crippen LogP contribution in [-0.4, -0.2) is 55.5 Å². The standard InChI is InChI=1S/C27H31Cl2F3N4O4/c1-26(9-3-2-4-10-26)15-35(14-21(37)22-19(28)12-33-13-20(22)29)24(38)18-11-34-36(23(18)27(30,31)32)17-7-5-16(6-8-17)25(39)40/h11-13,16-17H,2-10,14-15H2,1H3,(H,39,40)/t16-,17-. The molecule has 2 heterocycles. The van der Waals surface area contributed by atoms with Crippen LogP contribution in [0.5, 0.6) is 0 Å². The second-order valence-electron chi connectivity index (χ2n) is 11.1. The molecule has 2 aliphatic rings. The number of carbonyl (C=O) groups is 3. The van der Waals surface area contributed by atoms with Crippen LogP contribution < -0.4 is 0 Å². The number of carboxylic acid groups (broad SMARTS) is 1. The Morgan fingerprint density at radius 1 is 1.05 bits per heavy atom. The van der Waals surface area contributed by atoms with Crippen molar-refractivity contribution in [3.05, 3.63) is 45.5 Å². The highest BCUT2D eigenvalue weighted by molar-refractivity contribution is 6.39. The Balaban J connectivity index is 1.69. The summed E-state index contributed by atoms with van der Waals surface area (Å²) < 4.78 is 44.2. The number of amides is 1. The van der Waals surface area contributed by atoms with Gasteiger partial charge in [0.2, 0.25) is 0 Å². The van der Waals surface area contributed by atoms with E-state index in [1.807, 2.05) is 6.92 Å². The molecule has 0 spiro atoms. The SMILES string of the molecule is CC1(CN(CC(=O)c2c(Cl)cncc2Cl)C(=O)c2cnn([C@H]3CC[C@H](C(=O)O)CC3)c2C(F)(F)F)CCCCC1. The molecule has 13 heteroatoms. The number of hydrogen-bond donors (Lipinski definition) is 1. The fourth-order valence-electron chi connectivity index (χ4n) is 5.97. The van der Waals surface area contributed by atoms with E-state index in [2.05, 4.69) is 10.1 Å². The number of alkyl halides is 3. The summed E-state index contributed by atoms with van der Waals surface area (Å²) >= 11 is 12.3. The minimum Gasteiger partial charge on any atom is -0.481 e. The summed E-state index contributed by atoms with van der Waals surface area (Å²) in [5.74, 6) is -3.17. The molecule has 2 aromatic heterocycles. The van der Waals surface area contributed by atoms with Crippen molar-refractivity contribution in [3.8, 4) is 0 Å². The molecule has 0 aliphatic heterocycles. The summed E-state index contributed by atoms with van der Waals surface area (Å²) in [7, 11) is 0. The van der Waals surface area contributed by atoms with Crippen molar-refractivity contribution in [2.24, 2.45) is 11.3 Å². The molecule has 0 bridgehead atoms. The fraction of sp³-hybridized carbons (Fsp3) is 0.593. The second kappa shape index (κ2) is 12.1. The third kappa shape index (κ3) is 6.62. The highest BCUT2D eigenvalue weighted by Gasteiger charge is 2.44. The Hall–Kier alpha value is -2.66. The minimum atomic E-state index is -4.91. The number of carbonyl (C=O) groups excluding carboxylic acids is 2. The lowest BCUT2D eigenvalue weighted by atomic mass is 9.75. The molecule has 0 unspecified atom stereocenters. The van der Waals surface area contributed by atoms with E-state index in [0.717, 1.165) is 47.9 Å². The van der Waals surface area contributed by atoms with Crippen LogP contribution in [0.25, 0.3) is 0 Å². The summed E-state index contributed by atoms with van der Waals surface area (Å²) in [6, 6.07) is -0.700. The first kappa shape index (κ1) is 30.3. The van der Waals surface area contributed by atoms with Crippen molar-refractivity contribution in [2.45, 2.75) is 76.9 Å². The van der Waals surface area contributed by atoms with Gasteiger partial charge in [0.1, 0.15) is 0 Å². The molecule has 2 aliphatic carbocycles. The van der Waals surface area contributed by atoms with Gasteiger partial charge in [-0.25, -0.2) is 0 Å². The smallest absolute Gasteiger partial charge is 0.433 e. The number of aliphatic carboxylic acids is 1. The highest BCUT2D eigenvalue weighted by Crippen LogP contribution is 2.41. The quantitative estimate of drug-likeness (QED) is 0.336. The number of carboxylic acids is 1. The molecule has 2 aromatic rings. The van der Waals surface area contributed by atoms with Crippen molar-refractivity contribution in [2.75, 3.05) is 13.1 Å². The van der Waals surface area contributed by atoms with Gasteiger partial charge in [-0.2, -0.15) is 18.3 Å². The molecule has 8 nitrogen and oxygen atoms in total. The average molecular weight is 603 g/mol. The Labute approximate surface area is 239 Å². The predicted octanol–water partition coefficient (Wildman–Crippen LogP) is 6.72. The molecule has 4 rings (SSSR count). The van der Waals surface area contributed by atoms with E-state index < -0.39 is 53.6 Å². The molecule has 2 saturated carbocycles. The molecule has 0 atom stereocenters. The number of aromatic nitrogens is 3. The largest absolute Gasteiger partial charge is 0.481 e. The number of Topliss-reactive ketones (excluding diaryl/α,β-unsaturated/α-hetero) is 1. The van der Waals surface area contributed by atoms with Crippen LogP contribution in [0, 0.1) is 11.3 Å². The fourth-order valence-corrected chi connectivity index (χ4v) is 6.55. The lowest BCUT2D eigenvalue weighted by molar-refractivity contribution is -0.147. The van der Waals surface area contributed by atoms with Crippen molar-refractivity contribution in [1.82, 2.24) is 19.7 Å². The van der Waals surface area contributed by atoms with Gasteiger partial charge in [-0.3, -0.25) is 24.0 Å². The topological polar surface area (TPSA) is 105 Å². The van der Waals surface area contributed by atoms with E-state index in [9.17, 15) is 32.7 Å². The maximum absolute atomic E-state index is 14.5. The Morgan fingerprint density at radius 2 is 1.65 bits per heavy atom. The number of pyridine rings is 1. The molecule has 0 aromatic carbocycles. The van der Waals surface area contributed by atoms with E-state index in [1.54, 1.807) is 0 Å². The first-order valence-electron chi connectivity index (χ1n) is 13.3. The molecule has 0 saturated heterocycles. The molecule has 1 N–H and O–H groups in total. The summed E-state index contributed by atoms with van der Waals surface area (Å²) in [6.45, 7) is 1.52. The lowest BCUT2D eigenvalue weighted by Crippen LogP contribution is -2.44. The third-order valence-electron chi connectivity index (χ3n) is 8.07. The van der Waals surface area contributed by atoms with Crippen LogP contribution in [0.1, 0.15) is 97.2 Å². The van der Waals surface area contributed by atoms with Gasteiger partial charge in [0.25, 0.3) is 5.91 Å². The zero-order valence-corrected chi connectivity index (χ0v) is 23.5. The van der Waals surface area contributed by atoms with E-state index in [0.29, 0.717) is 0 Å². The number of rotatable bonds is 8. The van der Waals surface area contributed by atoms with Crippen molar-refractivity contribution < 1.29 is 32.7 Å². The predicted molar refractivity (Wildman–Crippen MR) is 142 cm³/mol. The second-order valence-corrected chi connectivity index (χ2v) is 11.9. The average Bonchev–Trinajstić information content (AvgIpc) is 3.34. The summed E-state index contributed by atoms with van der Waals surface area (Å²) in [5.41, 5.74) is -2.27. The van der Waals surface area contributed by atoms with Gasteiger partial charge >= 0.3 is 12.1 Å². The Morgan fingerprint density at radius 3 is 2.20 bits per heavy atom. The van der Waals surface area contributed by atoms with E-state index in [4.69, 9.17) is 23.2 Å². The van der Waals surface area contributed by atoms with Gasteiger partial charge in [0, 0.05) is 18.9 Å². The van der Waals surface area contributed by atoms with Crippen LogP contribution in [0.4, 0.5) is 13.2 Å². The van der Waals surface area contributed by atoms with Gasteiger partial charge in [-0.1, -0.05) is 49.4 Å². The Bertz CT molecular complexity index is 1250. The summed E-state index contributed by atoms with van der Waals surface area (Å²) in [4.78, 5) is 43.5. The van der Waals surface area contributed by atoms with Gasteiger partial charge in [0.15, 0.2) is 11.5 Å². The zero-order valence-electron chi connectivity index (χ0n) is 22.0. The lowest BCUT2D eigenvalue weighted by Gasteiger charge is -2.38. The first-order valence-corrected chi connectivity index (χ1v) is 14.1. The molecule has 0 radical (unpaired) electrons. The molecule has 2 fully saturated rings. The van der Waals surface area contributed by atoms with Gasteiger partial charge in [-0.05, 0) is 43.9 Å². The molecular formula is C27H31Cl2F3N4O4. The van der Waals surface area contributed by atoms with E-state index >= 15 is 0 Å². The maximum Gasteiger partial charge on any atom is 0.433 e. The van der Waals surface area contributed by atoms with Crippen LogP contribution in [0.2, 0.25) is 10.0 Å². The number of hydrogen-bond acceptors (Lipinski definition) is 5. The van der Waals surface area contributed by atoms with Crippen LogP contribution >= 0.6 is 23.2 Å². The Kier molecular flexibility index (Phi) is 9.14. The minimum absolute atomic E-state index is 0.0189. The number of nitrogens with zero attached hydrogens (tertiary/aromatic N) is 4. The first-order chi connectivity index (χ1) is 18.8. The van der Waals surface area contributed by atoms with Crippen molar-refractivity contribution in [3.63, 3.8) is 0 Å². The molecule has 1 amide bonds. The number of ketones is 1.